The first-order valence-electron chi connectivity index (χ1n) is 11.0. The molecule has 0 bridgehead atoms. The lowest BCUT2D eigenvalue weighted by atomic mass is 9.85. The molecule has 2 saturated carbocycles. The summed E-state index contributed by atoms with van der Waals surface area (Å²) in [5.41, 5.74) is 7.50. The van der Waals surface area contributed by atoms with Crippen LogP contribution in [0.15, 0.2) is 34.9 Å². The molecule has 0 radical (unpaired) electrons. The van der Waals surface area contributed by atoms with Crippen LogP contribution in [0.2, 0.25) is 0 Å². The van der Waals surface area contributed by atoms with Gasteiger partial charge in [0.2, 0.25) is 5.91 Å². The van der Waals surface area contributed by atoms with Crippen LogP contribution in [-0.4, -0.2) is 25.8 Å². The lowest BCUT2D eigenvalue weighted by Gasteiger charge is -2.27. The van der Waals surface area contributed by atoms with Gasteiger partial charge in [-0.25, -0.2) is 8.78 Å². The number of nitrogens with two attached hydrogens (primary N) is 1. The summed E-state index contributed by atoms with van der Waals surface area (Å²) < 4.78 is 34.4. The molecular formula is C23H25F2N5O2. The summed E-state index contributed by atoms with van der Waals surface area (Å²) in [5.74, 6) is 0.175. The topological polar surface area (TPSA) is 99.8 Å². The summed E-state index contributed by atoms with van der Waals surface area (Å²) in [7, 11) is 0. The third kappa shape index (κ3) is 3.49. The van der Waals surface area contributed by atoms with Crippen molar-refractivity contribution in [3.8, 4) is 11.6 Å². The van der Waals surface area contributed by atoms with E-state index in [2.05, 4.69) is 34.3 Å². The zero-order valence-corrected chi connectivity index (χ0v) is 17.8. The quantitative estimate of drug-likeness (QED) is 0.608. The van der Waals surface area contributed by atoms with Gasteiger partial charge in [0.15, 0.2) is 11.5 Å². The van der Waals surface area contributed by atoms with E-state index in [1.165, 1.54) is 10.7 Å². The first-order valence-corrected chi connectivity index (χ1v) is 11.0. The molecule has 2 N–H and O–H groups in total. The van der Waals surface area contributed by atoms with E-state index in [9.17, 15) is 13.6 Å². The average Bonchev–Trinajstić information content (AvgIpc) is 3.22. The van der Waals surface area contributed by atoms with Crippen LogP contribution in [0.25, 0.3) is 11.6 Å². The number of aromatic nitrogens is 4. The smallest absolute Gasteiger partial charge is 0.280 e. The summed E-state index contributed by atoms with van der Waals surface area (Å²) >= 11 is 0. The maximum absolute atomic E-state index is 13.8. The Hall–Kier alpha value is -3.10. The van der Waals surface area contributed by atoms with Crippen molar-refractivity contribution in [3.63, 3.8) is 0 Å². The monoisotopic (exact) mass is 441 g/mol. The molecule has 0 atom stereocenters. The van der Waals surface area contributed by atoms with Gasteiger partial charge in [-0.15, -0.1) is 0 Å². The Bertz CT molecular complexity index is 1140. The number of hydrogen-bond donors (Lipinski definition) is 1. The second-order valence-corrected chi connectivity index (χ2v) is 8.93. The minimum atomic E-state index is -2.69. The molecule has 3 aromatic rings. The number of benzene rings is 1. The number of carbonyl (C=O) groups is 1. The molecule has 168 valence electrons. The van der Waals surface area contributed by atoms with Crippen molar-refractivity contribution in [2.75, 3.05) is 0 Å². The number of aryl methyl sites for hydroxylation is 1. The van der Waals surface area contributed by atoms with Crippen LogP contribution in [0.1, 0.15) is 73.6 Å². The zero-order valence-electron chi connectivity index (χ0n) is 17.8. The van der Waals surface area contributed by atoms with Crippen LogP contribution in [0.3, 0.4) is 0 Å². The first kappa shape index (κ1) is 20.8. The van der Waals surface area contributed by atoms with Crippen molar-refractivity contribution in [2.24, 2.45) is 11.7 Å². The summed E-state index contributed by atoms with van der Waals surface area (Å²) in [4.78, 5) is 16.0. The fourth-order valence-corrected chi connectivity index (χ4v) is 4.94. The molecule has 2 fully saturated rings. The number of amides is 1. The third-order valence-electron chi connectivity index (χ3n) is 6.92. The molecule has 0 saturated heterocycles. The highest BCUT2D eigenvalue weighted by Gasteiger charge is 2.50. The van der Waals surface area contributed by atoms with Crippen molar-refractivity contribution in [1.82, 2.24) is 19.9 Å². The van der Waals surface area contributed by atoms with Gasteiger partial charge in [-0.2, -0.15) is 10.1 Å². The van der Waals surface area contributed by atoms with E-state index >= 15 is 0 Å². The van der Waals surface area contributed by atoms with E-state index in [1.807, 2.05) is 12.1 Å². The van der Waals surface area contributed by atoms with Gasteiger partial charge >= 0.3 is 0 Å². The van der Waals surface area contributed by atoms with E-state index in [0.29, 0.717) is 31.5 Å². The molecule has 9 heteroatoms. The van der Waals surface area contributed by atoms with Crippen molar-refractivity contribution in [1.29, 1.82) is 0 Å². The number of carbonyl (C=O) groups excluding carboxylic acids is 1. The molecule has 5 rings (SSSR count). The Morgan fingerprint density at radius 1 is 1.22 bits per heavy atom. The van der Waals surface area contributed by atoms with E-state index < -0.39 is 6.43 Å². The second-order valence-electron chi connectivity index (χ2n) is 8.93. The van der Waals surface area contributed by atoms with Gasteiger partial charge in [-0.1, -0.05) is 29.4 Å². The van der Waals surface area contributed by atoms with Crippen molar-refractivity contribution in [2.45, 2.75) is 63.3 Å². The molecule has 0 unspecified atom stereocenters. The number of nitrogens with zero attached hydrogens (tertiary/aromatic N) is 4. The largest absolute Gasteiger partial charge is 0.369 e. The fourth-order valence-electron chi connectivity index (χ4n) is 4.94. The van der Waals surface area contributed by atoms with Gasteiger partial charge in [0.25, 0.3) is 12.3 Å². The molecule has 2 aliphatic carbocycles. The molecule has 7 nitrogen and oxygen atoms in total. The predicted molar refractivity (Wildman–Crippen MR) is 112 cm³/mol. The maximum atomic E-state index is 13.8. The summed E-state index contributed by atoms with van der Waals surface area (Å²) in [6.07, 6.45) is 1.42. The third-order valence-corrected chi connectivity index (χ3v) is 6.92. The molecule has 32 heavy (non-hydrogen) atoms. The number of hydrogen-bond acceptors (Lipinski definition) is 5. The van der Waals surface area contributed by atoms with Crippen molar-refractivity contribution < 1.29 is 18.1 Å². The molecule has 2 heterocycles. The summed E-state index contributed by atoms with van der Waals surface area (Å²) in [6, 6.07) is 9.23. The van der Waals surface area contributed by atoms with Gasteiger partial charge in [0, 0.05) is 5.92 Å². The van der Waals surface area contributed by atoms with Crippen LogP contribution in [0.5, 0.6) is 0 Å². The van der Waals surface area contributed by atoms with E-state index in [4.69, 9.17) is 10.3 Å². The van der Waals surface area contributed by atoms with Crippen LogP contribution < -0.4 is 5.73 Å². The first-order chi connectivity index (χ1) is 15.4. The van der Waals surface area contributed by atoms with E-state index in [1.54, 1.807) is 0 Å². The second kappa shape index (κ2) is 7.79. The highest BCUT2D eigenvalue weighted by molar-refractivity contribution is 5.76. The summed E-state index contributed by atoms with van der Waals surface area (Å²) in [6.45, 7) is 2.06. The van der Waals surface area contributed by atoms with Crippen molar-refractivity contribution >= 4 is 5.91 Å². The predicted octanol–water partition coefficient (Wildman–Crippen LogP) is 4.48. The van der Waals surface area contributed by atoms with Crippen molar-refractivity contribution in [3.05, 3.63) is 53.0 Å². The lowest BCUT2D eigenvalue weighted by Crippen LogP contribution is -2.29. The molecule has 0 aliphatic heterocycles. The van der Waals surface area contributed by atoms with Gasteiger partial charge < -0.3 is 10.3 Å². The van der Waals surface area contributed by atoms with E-state index in [-0.39, 0.29) is 40.6 Å². The maximum Gasteiger partial charge on any atom is 0.280 e. The molecule has 1 aromatic carbocycles. The highest BCUT2D eigenvalue weighted by Crippen LogP contribution is 2.53. The Balaban J connectivity index is 1.43. The fraction of sp³-hybridized carbons (Fsp3) is 0.478. The molecule has 0 spiro atoms. The normalized spacial score (nSPS) is 22.2. The van der Waals surface area contributed by atoms with Crippen LogP contribution in [-0.2, 0) is 10.2 Å². The minimum absolute atomic E-state index is 0.145. The molecule has 2 aromatic heterocycles. The van der Waals surface area contributed by atoms with Crippen LogP contribution >= 0.6 is 0 Å². The molecule has 1 amide bonds. The number of primary amides is 1. The molecule has 2 aliphatic rings. The van der Waals surface area contributed by atoms with Gasteiger partial charge in [0.1, 0.15) is 5.69 Å². The minimum Gasteiger partial charge on any atom is -0.369 e. The number of rotatable bonds is 6. The van der Waals surface area contributed by atoms with Crippen LogP contribution in [0.4, 0.5) is 8.78 Å². The average molecular weight is 441 g/mol. The Kier molecular flexibility index (Phi) is 5.06. The van der Waals surface area contributed by atoms with Crippen LogP contribution in [0, 0.1) is 12.8 Å². The van der Waals surface area contributed by atoms with Gasteiger partial charge in [0.05, 0.1) is 11.5 Å². The highest BCUT2D eigenvalue weighted by atomic mass is 19.3. The lowest BCUT2D eigenvalue weighted by molar-refractivity contribution is -0.122. The Morgan fingerprint density at radius 3 is 2.56 bits per heavy atom. The number of halogens is 2. The van der Waals surface area contributed by atoms with E-state index in [0.717, 1.165) is 24.0 Å². The standard InChI is InChI=1S/C23H25F2N5O2/c1-13-4-2-3-5-16(13)23(10-11-23)22-27-21(32-29-22)17-12-18(19(24)25)30(28-17)15-8-6-14(7-9-15)20(26)31/h2-5,12,14-15,19H,6-11H2,1H3,(H2,26,31). The zero-order chi connectivity index (χ0) is 22.5. The SMILES string of the molecule is Cc1ccccc1C1(c2noc(-c3cc(C(F)F)n(C4CCC(C(N)=O)CC4)n3)n2)CC1. The van der Waals surface area contributed by atoms with Gasteiger partial charge in [-0.3, -0.25) is 9.48 Å². The Labute approximate surface area is 184 Å². The van der Waals surface area contributed by atoms with Gasteiger partial charge in [-0.05, 0) is 62.6 Å². The molecular weight excluding hydrogens is 416 g/mol. The summed E-state index contributed by atoms with van der Waals surface area (Å²) in [5, 5.41) is 8.62. The Morgan fingerprint density at radius 2 is 1.94 bits per heavy atom. The number of alkyl halides is 2.